The predicted octanol–water partition coefficient (Wildman–Crippen LogP) is -0.688. The van der Waals surface area contributed by atoms with Gasteiger partial charge in [0.2, 0.25) is 12.3 Å². The highest BCUT2D eigenvalue weighted by Gasteiger charge is 2.01. The van der Waals surface area contributed by atoms with Crippen molar-refractivity contribution in [2.24, 2.45) is 0 Å². The van der Waals surface area contributed by atoms with E-state index in [1.807, 2.05) is 0 Å². The van der Waals surface area contributed by atoms with Gasteiger partial charge in [0.1, 0.15) is 0 Å². The summed E-state index contributed by atoms with van der Waals surface area (Å²) in [6.07, 6.45) is 2.06. The van der Waals surface area contributed by atoms with Crippen molar-refractivity contribution in [2.45, 2.75) is 13.0 Å². The topological polar surface area (TPSA) is 89.3 Å². The Labute approximate surface area is 93.5 Å². The SMILES string of the molecule is COCCCNC(=O)CNCc1ncon1. The summed E-state index contributed by atoms with van der Waals surface area (Å²) < 4.78 is 9.41. The standard InChI is InChI=1S/C9H16N4O3/c1-15-4-2-3-11-9(14)6-10-5-8-12-7-16-13-8/h7,10H,2-6H2,1H3,(H,11,14). The molecule has 16 heavy (non-hydrogen) atoms. The molecule has 0 aromatic carbocycles. The Hall–Kier alpha value is -1.47. The largest absolute Gasteiger partial charge is 0.385 e. The maximum Gasteiger partial charge on any atom is 0.233 e. The summed E-state index contributed by atoms with van der Waals surface area (Å²) in [6, 6.07) is 0. The van der Waals surface area contributed by atoms with Crippen molar-refractivity contribution in [3.8, 4) is 0 Å². The number of hydrogen-bond donors (Lipinski definition) is 2. The second-order valence-corrected chi connectivity index (χ2v) is 3.15. The molecule has 0 bridgehead atoms. The highest BCUT2D eigenvalue weighted by molar-refractivity contribution is 5.77. The van der Waals surface area contributed by atoms with E-state index >= 15 is 0 Å². The first-order valence-corrected chi connectivity index (χ1v) is 5.04. The zero-order valence-electron chi connectivity index (χ0n) is 9.23. The Morgan fingerprint density at radius 2 is 2.50 bits per heavy atom. The fraction of sp³-hybridized carbons (Fsp3) is 0.667. The number of methoxy groups -OCH3 is 1. The Balaban J connectivity index is 1.98. The molecule has 2 N–H and O–H groups in total. The lowest BCUT2D eigenvalue weighted by atomic mass is 10.4. The van der Waals surface area contributed by atoms with E-state index in [9.17, 15) is 4.79 Å². The van der Waals surface area contributed by atoms with Crippen LogP contribution in [0.3, 0.4) is 0 Å². The molecule has 90 valence electrons. The van der Waals surface area contributed by atoms with E-state index in [1.54, 1.807) is 7.11 Å². The molecule has 1 amide bonds. The minimum absolute atomic E-state index is 0.0559. The maximum absolute atomic E-state index is 11.3. The zero-order valence-corrected chi connectivity index (χ0v) is 9.23. The van der Waals surface area contributed by atoms with Gasteiger partial charge < -0.3 is 19.9 Å². The number of carbonyl (C=O) groups excluding carboxylic acids is 1. The number of rotatable bonds is 8. The summed E-state index contributed by atoms with van der Waals surface area (Å²) in [6.45, 7) is 1.93. The molecule has 0 fully saturated rings. The van der Waals surface area contributed by atoms with E-state index in [-0.39, 0.29) is 12.5 Å². The molecule has 1 heterocycles. The molecule has 0 spiro atoms. The van der Waals surface area contributed by atoms with Crippen LogP contribution in [0.2, 0.25) is 0 Å². The van der Waals surface area contributed by atoms with Crippen molar-refractivity contribution in [3.63, 3.8) is 0 Å². The fourth-order valence-electron chi connectivity index (χ4n) is 1.06. The van der Waals surface area contributed by atoms with Crippen LogP contribution in [-0.4, -0.2) is 42.9 Å². The summed E-state index contributed by atoms with van der Waals surface area (Å²) in [5.41, 5.74) is 0. The van der Waals surface area contributed by atoms with Gasteiger partial charge >= 0.3 is 0 Å². The van der Waals surface area contributed by atoms with Gasteiger partial charge in [-0.1, -0.05) is 5.16 Å². The summed E-state index contributed by atoms with van der Waals surface area (Å²) in [5.74, 6) is 0.479. The molecule has 0 atom stereocenters. The second kappa shape index (κ2) is 7.77. The summed E-state index contributed by atoms with van der Waals surface area (Å²) in [5, 5.41) is 9.25. The zero-order chi connectivity index (χ0) is 11.6. The predicted molar refractivity (Wildman–Crippen MR) is 55.5 cm³/mol. The first kappa shape index (κ1) is 12.6. The molecule has 0 aliphatic rings. The van der Waals surface area contributed by atoms with Crippen molar-refractivity contribution >= 4 is 5.91 Å². The van der Waals surface area contributed by atoms with Crippen molar-refractivity contribution in [1.29, 1.82) is 0 Å². The number of amides is 1. The van der Waals surface area contributed by atoms with E-state index in [0.29, 0.717) is 25.5 Å². The van der Waals surface area contributed by atoms with Gasteiger partial charge in [-0.25, -0.2) is 0 Å². The smallest absolute Gasteiger partial charge is 0.233 e. The van der Waals surface area contributed by atoms with Gasteiger partial charge in [0.05, 0.1) is 13.1 Å². The number of ether oxygens (including phenoxy) is 1. The van der Waals surface area contributed by atoms with E-state index in [1.165, 1.54) is 6.39 Å². The lowest BCUT2D eigenvalue weighted by Gasteiger charge is -2.04. The molecule has 0 saturated heterocycles. The highest BCUT2D eigenvalue weighted by atomic mass is 16.5. The van der Waals surface area contributed by atoms with Gasteiger partial charge in [0.25, 0.3) is 0 Å². The molecule has 0 aliphatic carbocycles. The Bertz CT molecular complexity index is 289. The average Bonchev–Trinajstić information content (AvgIpc) is 2.77. The molecule has 1 aromatic rings. The van der Waals surface area contributed by atoms with Crippen molar-refractivity contribution in [3.05, 3.63) is 12.2 Å². The molecular weight excluding hydrogens is 212 g/mol. The summed E-state index contributed by atoms with van der Waals surface area (Å²) >= 11 is 0. The minimum Gasteiger partial charge on any atom is -0.385 e. The van der Waals surface area contributed by atoms with Gasteiger partial charge in [-0.15, -0.1) is 0 Å². The van der Waals surface area contributed by atoms with Crippen LogP contribution in [-0.2, 0) is 16.1 Å². The number of carbonyl (C=O) groups is 1. The molecule has 1 aromatic heterocycles. The van der Waals surface area contributed by atoms with E-state index in [0.717, 1.165) is 6.42 Å². The number of aromatic nitrogens is 2. The first-order chi connectivity index (χ1) is 7.83. The summed E-state index contributed by atoms with van der Waals surface area (Å²) in [4.78, 5) is 15.1. The molecule has 0 aliphatic heterocycles. The van der Waals surface area contributed by atoms with Crippen LogP contribution in [0.25, 0.3) is 0 Å². The molecule has 0 saturated carbocycles. The highest BCUT2D eigenvalue weighted by Crippen LogP contribution is 1.85. The molecular formula is C9H16N4O3. The van der Waals surface area contributed by atoms with Crippen LogP contribution in [0.4, 0.5) is 0 Å². The van der Waals surface area contributed by atoms with Crippen LogP contribution in [0.5, 0.6) is 0 Å². The van der Waals surface area contributed by atoms with E-state index in [4.69, 9.17) is 4.74 Å². The van der Waals surface area contributed by atoms with Crippen molar-refractivity contribution in [1.82, 2.24) is 20.8 Å². The molecule has 7 nitrogen and oxygen atoms in total. The lowest BCUT2D eigenvalue weighted by molar-refractivity contribution is -0.120. The number of nitrogens with one attached hydrogen (secondary N) is 2. The normalized spacial score (nSPS) is 10.3. The van der Waals surface area contributed by atoms with Crippen LogP contribution in [0.15, 0.2) is 10.9 Å². The third-order valence-electron chi connectivity index (χ3n) is 1.82. The molecule has 0 radical (unpaired) electrons. The Morgan fingerprint density at radius 1 is 1.62 bits per heavy atom. The molecule has 0 unspecified atom stereocenters. The van der Waals surface area contributed by atoms with Gasteiger partial charge in [0, 0.05) is 20.3 Å². The second-order valence-electron chi connectivity index (χ2n) is 3.15. The maximum atomic E-state index is 11.3. The minimum atomic E-state index is -0.0559. The third kappa shape index (κ3) is 5.42. The molecule has 7 heteroatoms. The molecule has 1 rings (SSSR count). The lowest BCUT2D eigenvalue weighted by Crippen LogP contribution is -2.34. The van der Waals surface area contributed by atoms with Crippen molar-refractivity contribution < 1.29 is 14.1 Å². The first-order valence-electron chi connectivity index (χ1n) is 5.04. The van der Waals surface area contributed by atoms with Gasteiger partial charge in [-0.3, -0.25) is 4.79 Å². The third-order valence-corrected chi connectivity index (χ3v) is 1.82. The van der Waals surface area contributed by atoms with Crippen LogP contribution >= 0.6 is 0 Å². The monoisotopic (exact) mass is 228 g/mol. The number of nitrogens with zero attached hydrogens (tertiary/aromatic N) is 2. The van der Waals surface area contributed by atoms with Crippen molar-refractivity contribution in [2.75, 3.05) is 26.8 Å². The van der Waals surface area contributed by atoms with E-state index < -0.39 is 0 Å². The van der Waals surface area contributed by atoms with Crippen LogP contribution in [0.1, 0.15) is 12.2 Å². The van der Waals surface area contributed by atoms with Crippen LogP contribution < -0.4 is 10.6 Å². The van der Waals surface area contributed by atoms with Gasteiger partial charge in [-0.2, -0.15) is 4.98 Å². The average molecular weight is 228 g/mol. The fourth-order valence-corrected chi connectivity index (χ4v) is 1.06. The Kier molecular flexibility index (Phi) is 6.12. The van der Waals surface area contributed by atoms with Crippen LogP contribution in [0, 0.1) is 0 Å². The number of hydrogen-bond acceptors (Lipinski definition) is 6. The van der Waals surface area contributed by atoms with Gasteiger partial charge in [0.15, 0.2) is 5.82 Å². The van der Waals surface area contributed by atoms with Gasteiger partial charge in [-0.05, 0) is 6.42 Å². The summed E-state index contributed by atoms with van der Waals surface area (Å²) in [7, 11) is 1.63. The Morgan fingerprint density at radius 3 is 3.19 bits per heavy atom. The van der Waals surface area contributed by atoms with E-state index in [2.05, 4.69) is 25.3 Å². The quantitative estimate of drug-likeness (QED) is 0.573.